The monoisotopic (exact) mass is 540 g/mol. The van der Waals surface area contributed by atoms with E-state index < -0.39 is 0 Å². The Morgan fingerprint density at radius 3 is 2.57 bits per heavy atom. The van der Waals surface area contributed by atoms with Gasteiger partial charge in [-0.05, 0) is 53.4 Å². The van der Waals surface area contributed by atoms with E-state index in [1.54, 1.807) is 18.4 Å². The van der Waals surface area contributed by atoms with Gasteiger partial charge >= 0.3 is 0 Å². The van der Waals surface area contributed by atoms with Gasteiger partial charge in [0.05, 0.1) is 7.11 Å². The molecule has 1 aromatic carbocycles. The highest BCUT2D eigenvalue weighted by Crippen LogP contribution is 2.12. The first-order valence-corrected chi connectivity index (χ1v) is 10.5. The largest absolute Gasteiger partial charge is 0.497 e. The van der Waals surface area contributed by atoms with E-state index in [0.717, 1.165) is 42.9 Å². The molecule has 3 aromatic rings. The molecule has 0 amide bonds. The second-order valence-corrected chi connectivity index (χ2v) is 7.65. The van der Waals surface area contributed by atoms with Crippen molar-refractivity contribution >= 4 is 41.3 Å². The second kappa shape index (κ2) is 11.9. The first-order valence-electron chi connectivity index (χ1n) is 9.55. The van der Waals surface area contributed by atoms with Crippen LogP contribution in [0.3, 0.4) is 0 Å². The van der Waals surface area contributed by atoms with Gasteiger partial charge in [0.2, 0.25) is 0 Å². The zero-order valence-corrected chi connectivity index (χ0v) is 21.0. The van der Waals surface area contributed by atoms with Crippen molar-refractivity contribution in [2.75, 3.05) is 20.7 Å². The molecule has 0 aliphatic rings. The number of hydrogen-bond acceptors (Lipinski definition) is 5. The Labute approximate surface area is 199 Å². The van der Waals surface area contributed by atoms with E-state index in [1.165, 1.54) is 11.1 Å². The average Bonchev–Trinajstić information content (AvgIpc) is 3.35. The molecule has 0 fully saturated rings. The van der Waals surface area contributed by atoms with Crippen LogP contribution in [0, 0.1) is 6.92 Å². The van der Waals surface area contributed by atoms with Crippen molar-refractivity contribution in [3.8, 4) is 5.75 Å². The molecular weight excluding hydrogens is 511 g/mol. The predicted molar refractivity (Wildman–Crippen MR) is 133 cm³/mol. The minimum absolute atomic E-state index is 0. The highest BCUT2D eigenvalue weighted by molar-refractivity contribution is 14.0. The number of ether oxygens (including phenoxy) is 1. The Hall–Kier alpha value is -2.14. The second-order valence-electron chi connectivity index (χ2n) is 6.87. The molecule has 0 unspecified atom stereocenters. The summed E-state index contributed by atoms with van der Waals surface area (Å²) in [5, 5.41) is 16.1. The van der Waals surface area contributed by atoms with Gasteiger partial charge in [0.25, 0.3) is 0 Å². The molecule has 0 aliphatic carbocycles. The maximum atomic E-state index is 5.23. The van der Waals surface area contributed by atoms with Crippen molar-refractivity contribution in [1.82, 2.24) is 25.0 Å². The third-order valence-corrected chi connectivity index (χ3v) is 5.50. The highest BCUT2D eigenvalue weighted by atomic mass is 127. The molecule has 0 bridgehead atoms. The van der Waals surface area contributed by atoms with Crippen molar-refractivity contribution in [2.24, 2.45) is 12.0 Å². The normalized spacial score (nSPS) is 11.1. The molecular formula is C21H29IN6OS. The number of benzene rings is 1. The molecule has 0 atom stereocenters. The fraction of sp³-hybridized carbons (Fsp3) is 0.381. The number of aliphatic imine (C=N–C) groups is 1. The topological polar surface area (TPSA) is 67.6 Å². The van der Waals surface area contributed by atoms with Crippen molar-refractivity contribution in [3.63, 3.8) is 0 Å². The fourth-order valence-electron chi connectivity index (χ4n) is 2.89. The number of methoxy groups -OCH3 is 1. The lowest BCUT2D eigenvalue weighted by molar-refractivity contribution is 0.414. The Morgan fingerprint density at radius 2 is 1.97 bits per heavy atom. The number of guanidine groups is 1. The van der Waals surface area contributed by atoms with E-state index in [0.29, 0.717) is 6.54 Å². The molecule has 0 saturated heterocycles. The predicted octanol–water partition coefficient (Wildman–Crippen LogP) is 3.63. The average molecular weight is 540 g/mol. The molecule has 0 saturated carbocycles. The van der Waals surface area contributed by atoms with E-state index in [9.17, 15) is 0 Å². The summed E-state index contributed by atoms with van der Waals surface area (Å²) in [4.78, 5) is 6.94. The van der Waals surface area contributed by atoms with Crippen molar-refractivity contribution in [3.05, 3.63) is 63.9 Å². The zero-order valence-electron chi connectivity index (χ0n) is 17.8. The quantitative estimate of drug-likeness (QED) is 0.269. The van der Waals surface area contributed by atoms with Crippen LogP contribution in [0.15, 0.2) is 46.1 Å². The van der Waals surface area contributed by atoms with Crippen molar-refractivity contribution < 1.29 is 4.74 Å². The van der Waals surface area contributed by atoms with Gasteiger partial charge in [0.1, 0.15) is 18.1 Å². The summed E-state index contributed by atoms with van der Waals surface area (Å²) in [5.41, 5.74) is 2.53. The van der Waals surface area contributed by atoms with Crippen LogP contribution in [-0.2, 0) is 26.6 Å². The lowest BCUT2D eigenvalue weighted by Crippen LogP contribution is -2.39. The van der Waals surface area contributed by atoms with Crippen LogP contribution in [0.25, 0.3) is 0 Å². The third kappa shape index (κ3) is 6.69. The number of halogens is 1. The van der Waals surface area contributed by atoms with Gasteiger partial charge in [-0.15, -0.1) is 34.2 Å². The Morgan fingerprint density at radius 1 is 1.20 bits per heavy atom. The summed E-state index contributed by atoms with van der Waals surface area (Å²) < 4.78 is 7.19. The minimum Gasteiger partial charge on any atom is -0.497 e. The SMILES string of the molecule is COc1ccc(CCNC(=NCc2nnc(C)n2C)N(C)Cc2ccsc2)cc1.I. The summed E-state index contributed by atoms with van der Waals surface area (Å²) in [5.74, 6) is 3.46. The van der Waals surface area contributed by atoms with E-state index in [4.69, 9.17) is 9.73 Å². The number of nitrogens with zero attached hydrogens (tertiary/aromatic N) is 5. The Bertz CT molecular complexity index is 924. The lowest BCUT2D eigenvalue weighted by Gasteiger charge is -2.22. The molecule has 2 aromatic heterocycles. The summed E-state index contributed by atoms with van der Waals surface area (Å²) >= 11 is 1.71. The third-order valence-electron chi connectivity index (χ3n) is 4.77. The van der Waals surface area contributed by atoms with E-state index >= 15 is 0 Å². The summed E-state index contributed by atoms with van der Waals surface area (Å²) in [6.45, 7) is 4.01. The van der Waals surface area contributed by atoms with Crippen LogP contribution in [0.2, 0.25) is 0 Å². The van der Waals surface area contributed by atoms with Gasteiger partial charge < -0.3 is 19.5 Å². The van der Waals surface area contributed by atoms with Gasteiger partial charge in [-0.2, -0.15) is 11.3 Å². The Balaban J connectivity index is 0.00000320. The van der Waals surface area contributed by atoms with Gasteiger partial charge in [0, 0.05) is 27.2 Å². The number of nitrogens with one attached hydrogen (secondary N) is 1. The van der Waals surface area contributed by atoms with Crippen LogP contribution in [0.5, 0.6) is 5.75 Å². The molecule has 9 heteroatoms. The highest BCUT2D eigenvalue weighted by Gasteiger charge is 2.10. The van der Waals surface area contributed by atoms with Gasteiger partial charge in [-0.1, -0.05) is 12.1 Å². The van der Waals surface area contributed by atoms with Crippen LogP contribution in [0.1, 0.15) is 22.8 Å². The van der Waals surface area contributed by atoms with Crippen molar-refractivity contribution in [1.29, 1.82) is 0 Å². The standard InChI is InChI=1S/C21H28N6OS.HI/c1-16-24-25-20(27(16)3)13-23-21(26(2)14-18-10-12-29-15-18)22-11-9-17-5-7-19(28-4)8-6-17;/h5-8,10,12,15H,9,11,13-14H2,1-4H3,(H,22,23);1H. The van der Waals surface area contributed by atoms with E-state index in [-0.39, 0.29) is 24.0 Å². The molecule has 2 heterocycles. The number of aromatic nitrogens is 3. The first-order chi connectivity index (χ1) is 14.1. The van der Waals surface area contributed by atoms with Gasteiger partial charge in [-0.3, -0.25) is 0 Å². The van der Waals surface area contributed by atoms with Gasteiger partial charge in [0.15, 0.2) is 11.8 Å². The lowest BCUT2D eigenvalue weighted by atomic mass is 10.1. The fourth-order valence-corrected chi connectivity index (χ4v) is 3.55. The molecule has 0 aliphatic heterocycles. The van der Waals surface area contributed by atoms with E-state index in [2.05, 4.69) is 56.4 Å². The summed E-state index contributed by atoms with van der Waals surface area (Å²) in [6.07, 6.45) is 0.901. The minimum atomic E-state index is 0. The maximum Gasteiger partial charge on any atom is 0.194 e. The van der Waals surface area contributed by atoms with Crippen LogP contribution in [0.4, 0.5) is 0 Å². The van der Waals surface area contributed by atoms with Gasteiger partial charge in [-0.25, -0.2) is 4.99 Å². The molecule has 1 N–H and O–H groups in total. The molecule has 162 valence electrons. The Kier molecular flexibility index (Phi) is 9.57. The number of aryl methyl sites for hydroxylation is 1. The molecule has 0 spiro atoms. The first kappa shape index (κ1) is 24.1. The zero-order chi connectivity index (χ0) is 20.6. The molecule has 30 heavy (non-hydrogen) atoms. The van der Waals surface area contributed by atoms with E-state index in [1.807, 2.05) is 30.7 Å². The number of thiophene rings is 1. The summed E-state index contributed by atoms with van der Waals surface area (Å²) in [6, 6.07) is 10.3. The van der Waals surface area contributed by atoms with Crippen LogP contribution in [-0.4, -0.2) is 46.3 Å². The molecule has 7 nitrogen and oxygen atoms in total. The van der Waals surface area contributed by atoms with Crippen LogP contribution < -0.4 is 10.1 Å². The number of rotatable bonds is 8. The maximum absolute atomic E-state index is 5.23. The number of hydrogen-bond donors (Lipinski definition) is 1. The molecule has 0 radical (unpaired) electrons. The van der Waals surface area contributed by atoms with Crippen LogP contribution >= 0.6 is 35.3 Å². The smallest absolute Gasteiger partial charge is 0.194 e. The molecule has 3 rings (SSSR count). The summed E-state index contributed by atoms with van der Waals surface area (Å²) in [7, 11) is 5.70. The van der Waals surface area contributed by atoms with Crippen molar-refractivity contribution in [2.45, 2.75) is 26.4 Å².